The van der Waals surface area contributed by atoms with E-state index in [2.05, 4.69) is 4.98 Å². The van der Waals surface area contributed by atoms with Crippen LogP contribution in [0.5, 0.6) is 5.75 Å². The monoisotopic (exact) mass is 246 g/mol. The van der Waals surface area contributed by atoms with E-state index in [9.17, 15) is 15.3 Å². The van der Waals surface area contributed by atoms with Gasteiger partial charge in [-0.2, -0.15) is 0 Å². The summed E-state index contributed by atoms with van der Waals surface area (Å²) in [6.07, 6.45) is 0.185. The lowest BCUT2D eigenvalue weighted by atomic mass is 10.1. The summed E-state index contributed by atoms with van der Waals surface area (Å²) in [7, 11) is 0. The van der Waals surface area contributed by atoms with Gasteiger partial charge < -0.3 is 20.2 Å². The molecule has 1 aromatic heterocycles. The van der Waals surface area contributed by atoms with Crippen LogP contribution < -0.4 is 4.90 Å². The highest BCUT2D eigenvalue weighted by molar-refractivity contribution is 5.93. The summed E-state index contributed by atoms with van der Waals surface area (Å²) in [5, 5.41) is 30.5. The first-order valence-corrected chi connectivity index (χ1v) is 5.84. The maximum atomic E-state index is 9.59. The number of nitrogens with zero attached hydrogens (tertiary/aromatic N) is 2. The molecule has 0 amide bonds. The van der Waals surface area contributed by atoms with Crippen molar-refractivity contribution in [1.29, 1.82) is 0 Å². The Morgan fingerprint density at radius 3 is 2.56 bits per heavy atom. The number of aromatic hydroxyl groups is 1. The smallest absolute Gasteiger partial charge is 0.136 e. The number of rotatable bonds is 1. The lowest BCUT2D eigenvalue weighted by Crippen LogP contribution is -2.22. The number of fused-ring (bicyclic) bond motifs is 1. The second kappa shape index (κ2) is 4.12. The van der Waals surface area contributed by atoms with Gasteiger partial charge in [0.2, 0.25) is 0 Å². The van der Waals surface area contributed by atoms with Crippen LogP contribution >= 0.6 is 0 Å². The zero-order chi connectivity index (χ0) is 12.7. The number of aliphatic hydroxyl groups excluding tert-OH is 2. The lowest BCUT2D eigenvalue weighted by Gasteiger charge is -2.18. The van der Waals surface area contributed by atoms with E-state index in [1.54, 1.807) is 18.3 Å². The molecule has 2 heterocycles. The van der Waals surface area contributed by atoms with Gasteiger partial charge in [0.1, 0.15) is 11.6 Å². The number of hydrogen-bond donors (Lipinski definition) is 3. The Bertz CT molecular complexity index is 577. The van der Waals surface area contributed by atoms with Crippen molar-refractivity contribution in [3.8, 4) is 5.75 Å². The Labute approximate surface area is 104 Å². The number of anilines is 1. The van der Waals surface area contributed by atoms with Crippen LogP contribution in [0.25, 0.3) is 10.8 Å². The molecule has 94 valence electrons. The van der Waals surface area contributed by atoms with Gasteiger partial charge in [0.25, 0.3) is 0 Å². The normalized spacial score (nSPS) is 23.8. The highest BCUT2D eigenvalue weighted by Crippen LogP contribution is 2.29. The quantitative estimate of drug-likeness (QED) is 0.682. The average Bonchev–Trinajstić information content (AvgIpc) is 2.68. The molecule has 5 heteroatoms. The highest BCUT2D eigenvalue weighted by Gasteiger charge is 2.31. The molecule has 5 nitrogen and oxygen atoms in total. The summed E-state index contributed by atoms with van der Waals surface area (Å²) in [6.45, 7) is 0.700. The van der Waals surface area contributed by atoms with E-state index in [0.717, 1.165) is 10.8 Å². The summed E-state index contributed by atoms with van der Waals surface area (Å²) < 4.78 is 0. The zero-order valence-corrected chi connectivity index (χ0v) is 9.69. The number of hydrogen-bond acceptors (Lipinski definition) is 5. The van der Waals surface area contributed by atoms with Crippen LogP contribution in [0.15, 0.2) is 30.5 Å². The van der Waals surface area contributed by atoms with E-state index in [-0.39, 0.29) is 5.75 Å². The topological polar surface area (TPSA) is 76.8 Å². The molecule has 1 fully saturated rings. The van der Waals surface area contributed by atoms with Gasteiger partial charge in [-0.05, 0) is 23.6 Å². The zero-order valence-electron chi connectivity index (χ0n) is 9.69. The number of phenolic OH excluding ortho intramolecular Hbond substituents is 1. The molecule has 0 aliphatic carbocycles. The minimum absolute atomic E-state index is 0.178. The third-order valence-corrected chi connectivity index (χ3v) is 3.29. The van der Waals surface area contributed by atoms with E-state index in [0.29, 0.717) is 18.9 Å². The van der Waals surface area contributed by atoms with Gasteiger partial charge in [-0.25, -0.2) is 4.98 Å². The molecular formula is C13H14N2O3. The van der Waals surface area contributed by atoms with E-state index in [1.165, 1.54) is 0 Å². The summed E-state index contributed by atoms with van der Waals surface area (Å²) >= 11 is 0. The highest BCUT2D eigenvalue weighted by atomic mass is 16.3. The fourth-order valence-corrected chi connectivity index (χ4v) is 2.34. The van der Waals surface area contributed by atoms with Gasteiger partial charge in [0.15, 0.2) is 0 Å². The molecule has 3 N–H and O–H groups in total. The molecule has 18 heavy (non-hydrogen) atoms. The Balaban J connectivity index is 2.09. The SMILES string of the molecule is Oc1ccc2ccnc(N3CC(O)C(O)C3)c2c1. The van der Waals surface area contributed by atoms with E-state index in [1.807, 2.05) is 17.0 Å². The molecule has 2 atom stereocenters. The molecule has 2 unspecified atom stereocenters. The molecule has 0 bridgehead atoms. The largest absolute Gasteiger partial charge is 0.508 e. The number of β-amino-alcohol motifs (C(OH)–C–C–N with tert-alkyl or cyclic N) is 2. The maximum Gasteiger partial charge on any atom is 0.136 e. The molecule has 1 aliphatic rings. The number of aromatic nitrogens is 1. The lowest BCUT2D eigenvalue weighted by molar-refractivity contribution is 0.0572. The third kappa shape index (κ3) is 1.77. The van der Waals surface area contributed by atoms with Crippen LogP contribution in [0.3, 0.4) is 0 Å². The van der Waals surface area contributed by atoms with Crippen molar-refractivity contribution >= 4 is 16.6 Å². The van der Waals surface area contributed by atoms with Crippen molar-refractivity contribution in [2.24, 2.45) is 0 Å². The van der Waals surface area contributed by atoms with Crippen molar-refractivity contribution in [3.63, 3.8) is 0 Å². The van der Waals surface area contributed by atoms with Crippen molar-refractivity contribution in [1.82, 2.24) is 4.98 Å². The van der Waals surface area contributed by atoms with Gasteiger partial charge in [-0.1, -0.05) is 6.07 Å². The molecule has 2 aromatic rings. The molecule has 0 saturated carbocycles. The van der Waals surface area contributed by atoms with Crippen LogP contribution in [0.2, 0.25) is 0 Å². The summed E-state index contributed by atoms with van der Waals surface area (Å²) in [5.41, 5.74) is 0. The minimum Gasteiger partial charge on any atom is -0.508 e. The Kier molecular flexibility index (Phi) is 2.57. The van der Waals surface area contributed by atoms with E-state index >= 15 is 0 Å². The fraction of sp³-hybridized carbons (Fsp3) is 0.308. The molecule has 0 spiro atoms. The second-order valence-corrected chi connectivity index (χ2v) is 4.58. The predicted molar refractivity (Wildman–Crippen MR) is 67.6 cm³/mol. The van der Waals surface area contributed by atoms with Gasteiger partial charge >= 0.3 is 0 Å². The first-order chi connectivity index (χ1) is 8.65. The van der Waals surface area contributed by atoms with E-state index < -0.39 is 12.2 Å². The van der Waals surface area contributed by atoms with Crippen LogP contribution in [-0.4, -0.2) is 45.6 Å². The molecule has 0 radical (unpaired) electrons. The van der Waals surface area contributed by atoms with Crippen LogP contribution in [0.1, 0.15) is 0 Å². The molecule has 1 aromatic carbocycles. The van der Waals surface area contributed by atoms with Crippen LogP contribution in [0, 0.1) is 0 Å². The average molecular weight is 246 g/mol. The Hall–Kier alpha value is -1.85. The summed E-state index contributed by atoms with van der Waals surface area (Å²) in [5.74, 6) is 0.857. The first kappa shape index (κ1) is 11.3. The Morgan fingerprint density at radius 1 is 1.11 bits per heavy atom. The Morgan fingerprint density at radius 2 is 1.83 bits per heavy atom. The number of benzene rings is 1. The molecule has 1 saturated heterocycles. The van der Waals surface area contributed by atoms with Crippen LogP contribution in [0.4, 0.5) is 5.82 Å². The summed E-state index contributed by atoms with van der Waals surface area (Å²) in [4.78, 5) is 6.12. The van der Waals surface area contributed by atoms with Crippen molar-refractivity contribution < 1.29 is 15.3 Å². The third-order valence-electron chi connectivity index (χ3n) is 3.29. The predicted octanol–water partition coefficient (Wildman–Crippen LogP) is 0.482. The van der Waals surface area contributed by atoms with E-state index in [4.69, 9.17) is 0 Å². The molecule has 1 aliphatic heterocycles. The maximum absolute atomic E-state index is 9.59. The molecule has 3 rings (SSSR count). The number of phenols is 1. The van der Waals surface area contributed by atoms with Gasteiger partial charge in [0, 0.05) is 24.7 Å². The van der Waals surface area contributed by atoms with Crippen molar-refractivity contribution in [3.05, 3.63) is 30.5 Å². The first-order valence-electron chi connectivity index (χ1n) is 5.84. The number of pyridine rings is 1. The fourth-order valence-electron chi connectivity index (χ4n) is 2.34. The van der Waals surface area contributed by atoms with Crippen LogP contribution in [-0.2, 0) is 0 Å². The standard InChI is InChI=1S/C13H14N2O3/c16-9-2-1-8-3-4-14-13(10(8)5-9)15-6-11(17)12(18)7-15/h1-5,11-12,16-18H,6-7H2. The van der Waals surface area contributed by atoms with Crippen molar-refractivity contribution in [2.75, 3.05) is 18.0 Å². The number of aliphatic hydroxyl groups is 2. The second-order valence-electron chi connectivity index (χ2n) is 4.58. The summed E-state index contributed by atoms with van der Waals surface area (Å²) in [6, 6.07) is 6.95. The van der Waals surface area contributed by atoms with Gasteiger partial charge in [-0.3, -0.25) is 0 Å². The van der Waals surface area contributed by atoms with Crippen molar-refractivity contribution in [2.45, 2.75) is 12.2 Å². The molecular weight excluding hydrogens is 232 g/mol. The van der Waals surface area contributed by atoms with Gasteiger partial charge in [-0.15, -0.1) is 0 Å². The minimum atomic E-state index is -0.751. The van der Waals surface area contributed by atoms with Gasteiger partial charge in [0.05, 0.1) is 12.2 Å².